The van der Waals surface area contributed by atoms with E-state index < -0.39 is 6.36 Å². The maximum atomic E-state index is 12.6. The summed E-state index contributed by atoms with van der Waals surface area (Å²) in [5, 5.41) is 1.34. The van der Waals surface area contributed by atoms with E-state index in [0.717, 1.165) is 23.1 Å². The summed E-state index contributed by atoms with van der Waals surface area (Å²) in [5.74, 6) is 2.97. The van der Waals surface area contributed by atoms with E-state index in [1.807, 2.05) is 12.1 Å². The zero-order valence-corrected chi connectivity index (χ0v) is 15.1. The van der Waals surface area contributed by atoms with Gasteiger partial charge in [0.25, 0.3) is 0 Å². The Morgan fingerprint density at radius 3 is 2.50 bits per heavy atom. The fourth-order valence-electron chi connectivity index (χ4n) is 5.17. The third-order valence-corrected chi connectivity index (χ3v) is 6.44. The summed E-state index contributed by atoms with van der Waals surface area (Å²) in [5.41, 5.74) is 1.26. The van der Waals surface area contributed by atoms with Crippen LogP contribution in [0.25, 0.3) is 10.8 Å². The Morgan fingerprint density at radius 1 is 0.923 bits per heavy atom. The third kappa shape index (κ3) is 3.70. The summed E-state index contributed by atoms with van der Waals surface area (Å²) in [6, 6.07) is 10.7. The minimum absolute atomic E-state index is 0.119. The van der Waals surface area contributed by atoms with Crippen molar-refractivity contribution in [3.63, 3.8) is 0 Å². The van der Waals surface area contributed by atoms with Gasteiger partial charge in [-0.15, -0.1) is 13.2 Å². The average Bonchev–Trinajstić information content (AvgIpc) is 2.60. The second-order valence-electron chi connectivity index (χ2n) is 8.23. The molecule has 0 heterocycles. The largest absolute Gasteiger partial charge is 0.573 e. The lowest BCUT2D eigenvalue weighted by molar-refractivity contribution is -0.274. The van der Waals surface area contributed by atoms with Gasteiger partial charge in [0.15, 0.2) is 0 Å². The number of halogens is 3. The first-order chi connectivity index (χ1) is 12.4. The van der Waals surface area contributed by atoms with Crippen LogP contribution in [0.3, 0.4) is 0 Å². The van der Waals surface area contributed by atoms with Crippen LogP contribution in [0.15, 0.2) is 36.4 Å². The first-order valence-electron chi connectivity index (χ1n) is 9.67. The summed E-state index contributed by atoms with van der Waals surface area (Å²) in [4.78, 5) is 0. The molecule has 0 saturated heterocycles. The van der Waals surface area contributed by atoms with E-state index in [-0.39, 0.29) is 5.75 Å². The topological polar surface area (TPSA) is 9.23 Å². The van der Waals surface area contributed by atoms with Crippen molar-refractivity contribution in [3.05, 3.63) is 42.0 Å². The van der Waals surface area contributed by atoms with Gasteiger partial charge in [-0.05, 0) is 72.8 Å². The highest BCUT2D eigenvalue weighted by atomic mass is 19.4. The van der Waals surface area contributed by atoms with E-state index in [2.05, 4.69) is 17.7 Å². The Hall–Kier alpha value is -1.71. The molecule has 2 aliphatic carbocycles. The standard InChI is InChI=1S/C22H25F3O/c1-14-5-6-16-12-17(8-7-15(16)11-14)18-9-10-20-19(13-18)3-2-4-21(20)26-22(23,24)25/h2-4,9-10,13-17H,5-8,11-12H2,1H3. The SMILES string of the molecule is CC1CCC2CC(c3ccc4c(OC(F)(F)F)cccc4c3)CCC2C1. The van der Waals surface area contributed by atoms with Gasteiger partial charge < -0.3 is 4.74 Å². The highest BCUT2D eigenvalue weighted by molar-refractivity contribution is 5.89. The molecular weight excluding hydrogens is 337 g/mol. The Morgan fingerprint density at radius 2 is 1.69 bits per heavy atom. The highest BCUT2D eigenvalue weighted by Crippen LogP contribution is 2.47. The van der Waals surface area contributed by atoms with Crippen LogP contribution in [0, 0.1) is 17.8 Å². The number of ether oxygens (including phenoxy) is 1. The van der Waals surface area contributed by atoms with Gasteiger partial charge in [-0.25, -0.2) is 0 Å². The van der Waals surface area contributed by atoms with Crippen LogP contribution in [0.2, 0.25) is 0 Å². The zero-order chi connectivity index (χ0) is 18.3. The van der Waals surface area contributed by atoms with E-state index in [0.29, 0.717) is 11.3 Å². The van der Waals surface area contributed by atoms with Crippen molar-refractivity contribution in [3.8, 4) is 5.75 Å². The number of fused-ring (bicyclic) bond motifs is 2. The molecule has 2 aromatic carbocycles. The molecule has 0 bridgehead atoms. The van der Waals surface area contributed by atoms with Gasteiger partial charge in [0.2, 0.25) is 0 Å². The molecule has 2 aromatic rings. The van der Waals surface area contributed by atoms with Crippen molar-refractivity contribution in [1.29, 1.82) is 0 Å². The number of rotatable bonds is 2. The Bertz CT molecular complexity index is 783. The second kappa shape index (κ2) is 6.79. The molecule has 2 aliphatic rings. The number of hydrogen-bond acceptors (Lipinski definition) is 1. The Kier molecular flexibility index (Phi) is 4.62. The second-order valence-corrected chi connectivity index (χ2v) is 8.23. The van der Waals surface area contributed by atoms with Gasteiger partial charge in [-0.2, -0.15) is 0 Å². The smallest absolute Gasteiger partial charge is 0.405 e. The fraction of sp³-hybridized carbons (Fsp3) is 0.545. The lowest BCUT2D eigenvalue weighted by Gasteiger charge is -2.41. The molecule has 0 aromatic heterocycles. The third-order valence-electron chi connectivity index (χ3n) is 6.44. The van der Waals surface area contributed by atoms with E-state index in [1.165, 1.54) is 50.2 Å². The molecule has 0 spiro atoms. The monoisotopic (exact) mass is 362 g/mol. The molecule has 26 heavy (non-hydrogen) atoms. The summed E-state index contributed by atoms with van der Waals surface area (Å²) in [6.45, 7) is 2.37. The lowest BCUT2D eigenvalue weighted by atomic mass is 9.64. The summed E-state index contributed by atoms with van der Waals surface area (Å²) in [6.07, 6.45) is 3.08. The first-order valence-corrected chi connectivity index (χ1v) is 9.67. The minimum atomic E-state index is -4.66. The molecule has 4 rings (SSSR count). The van der Waals surface area contributed by atoms with E-state index in [9.17, 15) is 13.2 Å². The molecule has 0 amide bonds. The average molecular weight is 362 g/mol. The lowest BCUT2D eigenvalue weighted by Crippen LogP contribution is -2.29. The number of hydrogen-bond donors (Lipinski definition) is 0. The predicted octanol–water partition coefficient (Wildman–Crippen LogP) is 7.06. The van der Waals surface area contributed by atoms with Crippen LogP contribution in [0.1, 0.15) is 56.9 Å². The van der Waals surface area contributed by atoms with Gasteiger partial charge in [0, 0.05) is 5.39 Å². The van der Waals surface area contributed by atoms with E-state index in [1.54, 1.807) is 12.1 Å². The van der Waals surface area contributed by atoms with Crippen molar-refractivity contribution in [1.82, 2.24) is 0 Å². The predicted molar refractivity (Wildman–Crippen MR) is 97.2 cm³/mol. The maximum Gasteiger partial charge on any atom is 0.573 e. The first kappa shape index (κ1) is 17.7. The summed E-state index contributed by atoms with van der Waals surface area (Å²) < 4.78 is 42.0. The van der Waals surface area contributed by atoms with Crippen LogP contribution >= 0.6 is 0 Å². The Labute approximate surface area is 152 Å². The number of alkyl halides is 3. The number of benzene rings is 2. The summed E-state index contributed by atoms with van der Waals surface area (Å²) in [7, 11) is 0. The molecule has 0 N–H and O–H groups in total. The van der Waals surface area contributed by atoms with Gasteiger partial charge in [0.1, 0.15) is 5.75 Å². The van der Waals surface area contributed by atoms with Crippen molar-refractivity contribution in [2.75, 3.05) is 0 Å². The molecule has 1 nitrogen and oxygen atoms in total. The van der Waals surface area contributed by atoms with Crippen molar-refractivity contribution in [2.24, 2.45) is 17.8 Å². The molecule has 2 saturated carbocycles. The molecular formula is C22H25F3O. The molecule has 4 atom stereocenters. The molecule has 2 fully saturated rings. The van der Waals surface area contributed by atoms with Gasteiger partial charge >= 0.3 is 6.36 Å². The van der Waals surface area contributed by atoms with Crippen molar-refractivity contribution < 1.29 is 17.9 Å². The highest BCUT2D eigenvalue weighted by Gasteiger charge is 2.35. The fourth-order valence-corrected chi connectivity index (χ4v) is 5.17. The van der Waals surface area contributed by atoms with Gasteiger partial charge in [-0.1, -0.05) is 43.7 Å². The molecule has 4 heteroatoms. The zero-order valence-electron chi connectivity index (χ0n) is 15.1. The normalized spacial score (nSPS) is 29.4. The van der Waals surface area contributed by atoms with Crippen molar-refractivity contribution in [2.45, 2.75) is 57.7 Å². The minimum Gasteiger partial charge on any atom is -0.405 e. The van der Waals surface area contributed by atoms with E-state index >= 15 is 0 Å². The van der Waals surface area contributed by atoms with Crippen LogP contribution < -0.4 is 4.74 Å². The molecule has 4 unspecified atom stereocenters. The molecule has 0 radical (unpaired) electrons. The molecule has 0 aliphatic heterocycles. The maximum absolute atomic E-state index is 12.6. The van der Waals surface area contributed by atoms with Crippen LogP contribution in [0.5, 0.6) is 5.75 Å². The van der Waals surface area contributed by atoms with Gasteiger partial charge in [0.05, 0.1) is 0 Å². The van der Waals surface area contributed by atoms with Crippen LogP contribution in [0.4, 0.5) is 13.2 Å². The molecule has 140 valence electrons. The Balaban J connectivity index is 1.56. The van der Waals surface area contributed by atoms with Crippen LogP contribution in [-0.4, -0.2) is 6.36 Å². The van der Waals surface area contributed by atoms with E-state index in [4.69, 9.17) is 0 Å². The van der Waals surface area contributed by atoms with Gasteiger partial charge in [-0.3, -0.25) is 0 Å². The quantitative estimate of drug-likeness (QED) is 0.556. The van der Waals surface area contributed by atoms with Crippen LogP contribution in [-0.2, 0) is 0 Å². The van der Waals surface area contributed by atoms with Crippen molar-refractivity contribution >= 4 is 10.8 Å². The summed E-state index contributed by atoms with van der Waals surface area (Å²) >= 11 is 0.